The van der Waals surface area contributed by atoms with Crippen molar-refractivity contribution in [3.05, 3.63) is 94.0 Å². The minimum atomic E-state index is -0.648. The van der Waals surface area contributed by atoms with Crippen molar-refractivity contribution in [1.82, 2.24) is 0 Å². The normalized spacial score (nSPS) is 15.6. The van der Waals surface area contributed by atoms with Crippen LogP contribution in [-0.2, 0) is 9.59 Å². The SMILES string of the molecule is Cc1cc(C)cc(NC(=O)CN2C(=O)[C@@H](C)N=C(c3ccccc3)c3cc(Cl)ccc32)c1. The Labute approximate surface area is 192 Å². The number of amides is 2. The van der Waals surface area contributed by atoms with Gasteiger partial charge in [-0.05, 0) is 62.2 Å². The molecule has 3 aromatic rings. The summed E-state index contributed by atoms with van der Waals surface area (Å²) < 4.78 is 0. The number of nitrogens with one attached hydrogen (secondary N) is 1. The number of rotatable bonds is 4. The van der Waals surface area contributed by atoms with Gasteiger partial charge >= 0.3 is 0 Å². The molecule has 32 heavy (non-hydrogen) atoms. The van der Waals surface area contributed by atoms with Crippen LogP contribution in [0.4, 0.5) is 11.4 Å². The summed E-state index contributed by atoms with van der Waals surface area (Å²) in [5.74, 6) is -0.519. The first-order valence-corrected chi connectivity index (χ1v) is 10.8. The van der Waals surface area contributed by atoms with E-state index >= 15 is 0 Å². The predicted molar refractivity (Wildman–Crippen MR) is 130 cm³/mol. The predicted octanol–water partition coefficient (Wildman–Crippen LogP) is 5.17. The molecule has 0 bridgehead atoms. The van der Waals surface area contributed by atoms with Crippen molar-refractivity contribution in [1.29, 1.82) is 0 Å². The summed E-state index contributed by atoms with van der Waals surface area (Å²) in [7, 11) is 0. The monoisotopic (exact) mass is 445 g/mol. The highest BCUT2D eigenvalue weighted by Gasteiger charge is 2.31. The summed E-state index contributed by atoms with van der Waals surface area (Å²) in [6.07, 6.45) is 0. The Morgan fingerprint density at radius 2 is 1.72 bits per heavy atom. The van der Waals surface area contributed by atoms with E-state index in [1.54, 1.807) is 25.1 Å². The molecule has 1 heterocycles. The molecule has 0 saturated heterocycles. The van der Waals surface area contributed by atoms with Crippen LogP contribution in [0.5, 0.6) is 0 Å². The number of halogens is 1. The molecule has 0 spiro atoms. The van der Waals surface area contributed by atoms with Crippen LogP contribution >= 0.6 is 11.6 Å². The molecular weight excluding hydrogens is 422 g/mol. The number of benzodiazepines with no additional fused rings is 1. The Morgan fingerprint density at radius 1 is 1.03 bits per heavy atom. The lowest BCUT2D eigenvalue weighted by atomic mass is 10.00. The maximum absolute atomic E-state index is 13.3. The Kier molecular flexibility index (Phi) is 6.10. The second kappa shape index (κ2) is 8.97. The van der Waals surface area contributed by atoms with Gasteiger partial charge in [-0.2, -0.15) is 0 Å². The van der Waals surface area contributed by atoms with Gasteiger partial charge < -0.3 is 10.2 Å². The quantitative estimate of drug-likeness (QED) is 0.602. The number of fused-ring (bicyclic) bond motifs is 1. The molecule has 0 radical (unpaired) electrons. The fraction of sp³-hybridized carbons (Fsp3) is 0.192. The lowest BCUT2D eigenvalue weighted by molar-refractivity contribution is -0.122. The van der Waals surface area contributed by atoms with Crippen LogP contribution in [0.15, 0.2) is 71.7 Å². The highest BCUT2D eigenvalue weighted by atomic mass is 35.5. The molecule has 162 valence electrons. The molecule has 2 amide bonds. The molecule has 5 nitrogen and oxygen atoms in total. The summed E-state index contributed by atoms with van der Waals surface area (Å²) in [6.45, 7) is 5.58. The molecule has 1 N–H and O–H groups in total. The van der Waals surface area contributed by atoms with E-state index in [1.165, 1.54) is 4.90 Å². The molecule has 0 fully saturated rings. The molecule has 1 aliphatic heterocycles. The Balaban J connectivity index is 1.71. The van der Waals surface area contributed by atoms with Crippen molar-refractivity contribution in [2.45, 2.75) is 26.8 Å². The number of hydrogen-bond donors (Lipinski definition) is 1. The average Bonchev–Trinajstić information content (AvgIpc) is 2.84. The number of carbonyl (C=O) groups is 2. The van der Waals surface area contributed by atoms with E-state index in [-0.39, 0.29) is 18.4 Å². The van der Waals surface area contributed by atoms with Crippen LogP contribution < -0.4 is 10.2 Å². The van der Waals surface area contributed by atoms with E-state index in [0.29, 0.717) is 22.1 Å². The van der Waals surface area contributed by atoms with Gasteiger partial charge in [0.15, 0.2) is 0 Å². The summed E-state index contributed by atoms with van der Waals surface area (Å²) >= 11 is 6.31. The van der Waals surface area contributed by atoms with Crippen molar-refractivity contribution < 1.29 is 9.59 Å². The molecule has 4 rings (SSSR count). The number of aryl methyl sites for hydroxylation is 2. The van der Waals surface area contributed by atoms with Crippen LogP contribution in [0, 0.1) is 13.8 Å². The summed E-state index contributed by atoms with van der Waals surface area (Å²) in [5, 5.41) is 3.45. The summed E-state index contributed by atoms with van der Waals surface area (Å²) in [5.41, 5.74) is 5.72. The number of benzene rings is 3. The molecule has 0 aromatic heterocycles. The van der Waals surface area contributed by atoms with Crippen LogP contribution in [0.3, 0.4) is 0 Å². The maximum atomic E-state index is 13.3. The zero-order valence-corrected chi connectivity index (χ0v) is 19.0. The molecule has 0 unspecified atom stereocenters. The first kappa shape index (κ1) is 21.8. The third-order valence-electron chi connectivity index (χ3n) is 5.31. The third-order valence-corrected chi connectivity index (χ3v) is 5.54. The van der Waals surface area contributed by atoms with E-state index in [9.17, 15) is 9.59 Å². The Morgan fingerprint density at radius 3 is 2.41 bits per heavy atom. The Bertz CT molecular complexity index is 1200. The number of hydrogen-bond acceptors (Lipinski definition) is 3. The van der Waals surface area contributed by atoms with Crippen molar-refractivity contribution in [2.75, 3.05) is 16.8 Å². The van der Waals surface area contributed by atoms with E-state index in [1.807, 2.05) is 62.4 Å². The average molecular weight is 446 g/mol. The lowest BCUT2D eigenvalue weighted by Gasteiger charge is -2.24. The fourth-order valence-corrected chi connectivity index (χ4v) is 4.15. The zero-order valence-electron chi connectivity index (χ0n) is 18.2. The van der Waals surface area contributed by atoms with Gasteiger partial charge in [-0.1, -0.05) is 48.0 Å². The Hall–Kier alpha value is -3.44. The van der Waals surface area contributed by atoms with E-state index in [0.717, 1.165) is 22.3 Å². The zero-order chi connectivity index (χ0) is 22.8. The van der Waals surface area contributed by atoms with Gasteiger partial charge in [0.2, 0.25) is 5.91 Å². The molecule has 1 atom stereocenters. The van der Waals surface area contributed by atoms with E-state index in [4.69, 9.17) is 16.6 Å². The number of aliphatic imine (C=N–C) groups is 1. The minimum Gasteiger partial charge on any atom is -0.325 e. The molecule has 0 saturated carbocycles. The van der Waals surface area contributed by atoms with Gasteiger partial charge in [0.25, 0.3) is 5.91 Å². The first-order valence-electron chi connectivity index (χ1n) is 10.4. The maximum Gasteiger partial charge on any atom is 0.252 e. The van der Waals surface area contributed by atoms with Crippen LogP contribution in [-0.4, -0.2) is 30.1 Å². The van der Waals surface area contributed by atoms with Crippen molar-refractivity contribution in [3.63, 3.8) is 0 Å². The van der Waals surface area contributed by atoms with E-state index in [2.05, 4.69) is 5.32 Å². The van der Waals surface area contributed by atoms with E-state index < -0.39 is 6.04 Å². The van der Waals surface area contributed by atoms with Gasteiger partial charge in [0.1, 0.15) is 12.6 Å². The van der Waals surface area contributed by atoms with Gasteiger partial charge in [-0.15, -0.1) is 0 Å². The van der Waals surface area contributed by atoms with Gasteiger partial charge in [0.05, 0.1) is 11.4 Å². The molecule has 1 aliphatic rings. The second-order valence-corrected chi connectivity index (χ2v) is 8.47. The van der Waals surface area contributed by atoms with Crippen molar-refractivity contribution in [2.24, 2.45) is 4.99 Å². The standard InChI is InChI=1S/C26H24ClN3O2/c1-16-11-17(2)13-21(12-16)29-24(31)15-30-23-10-9-20(27)14-22(23)25(28-18(3)26(30)32)19-7-5-4-6-8-19/h4-14,18H,15H2,1-3H3,(H,29,31)/t18-/m1/s1. The number of carbonyl (C=O) groups excluding carboxylic acids is 2. The van der Waals surface area contributed by atoms with Gasteiger partial charge in [-0.25, -0.2) is 0 Å². The highest BCUT2D eigenvalue weighted by molar-refractivity contribution is 6.32. The van der Waals surface area contributed by atoms with Gasteiger partial charge in [0, 0.05) is 21.8 Å². The van der Waals surface area contributed by atoms with Crippen molar-refractivity contribution in [3.8, 4) is 0 Å². The number of nitrogens with zero attached hydrogens (tertiary/aromatic N) is 2. The molecule has 6 heteroatoms. The highest BCUT2D eigenvalue weighted by Crippen LogP contribution is 2.31. The third kappa shape index (κ3) is 4.58. The molecular formula is C26H24ClN3O2. The summed E-state index contributed by atoms with van der Waals surface area (Å²) in [4.78, 5) is 32.4. The smallest absolute Gasteiger partial charge is 0.252 e. The van der Waals surface area contributed by atoms with Crippen LogP contribution in [0.25, 0.3) is 0 Å². The molecule has 0 aliphatic carbocycles. The second-order valence-electron chi connectivity index (χ2n) is 8.03. The molecule has 3 aromatic carbocycles. The summed E-state index contributed by atoms with van der Waals surface area (Å²) in [6, 6.07) is 20.2. The topological polar surface area (TPSA) is 61.8 Å². The van der Waals surface area contributed by atoms with Crippen molar-refractivity contribution >= 4 is 40.5 Å². The van der Waals surface area contributed by atoms with Crippen LogP contribution in [0.1, 0.15) is 29.2 Å². The fourth-order valence-electron chi connectivity index (χ4n) is 3.98. The first-order chi connectivity index (χ1) is 15.3. The largest absolute Gasteiger partial charge is 0.325 e. The van der Waals surface area contributed by atoms with Gasteiger partial charge in [-0.3, -0.25) is 14.6 Å². The lowest BCUT2D eigenvalue weighted by Crippen LogP contribution is -2.42. The number of anilines is 2. The van der Waals surface area contributed by atoms with Crippen LogP contribution in [0.2, 0.25) is 5.02 Å². The minimum absolute atomic E-state index is 0.123.